The van der Waals surface area contributed by atoms with Crippen molar-refractivity contribution in [2.75, 3.05) is 6.54 Å². The van der Waals surface area contributed by atoms with E-state index < -0.39 is 10.0 Å². The van der Waals surface area contributed by atoms with Crippen molar-refractivity contribution in [2.45, 2.75) is 25.2 Å². The molecule has 0 bridgehead atoms. The Balaban J connectivity index is 1.69. The summed E-state index contributed by atoms with van der Waals surface area (Å²) in [5.74, 6) is 0. The average molecular weight is 329 g/mol. The van der Waals surface area contributed by atoms with Gasteiger partial charge in [0.05, 0.1) is 10.6 Å². The van der Waals surface area contributed by atoms with E-state index in [1.54, 1.807) is 6.07 Å². The average Bonchev–Trinajstić information content (AvgIpc) is 2.89. The van der Waals surface area contributed by atoms with Crippen LogP contribution in [-0.4, -0.2) is 24.3 Å². The van der Waals surface area contributed by atoms with Crippen molar-refractivity contribution in [3.05, 3.63) is 65.6 Å². The fraction of sp³-hybridized carbons (Fsp3) is 0.235. The summed E-state index contributed by atoms with van der Waals surface area (Å²) in [5, 5.41) is 0. The highest BCUT2D eigenvalue weighted by Crippen LogP contribution is 2.16. The summed E-state index contributed by atoms with van der Waals surface area (Å²) in [7, 11) is -3.49. The Morgan fingerprint density at radius 2 is 2.00 bits per heavy atom. The molecule has 2 heterocycles. The number of hydrogen-bond donors (Lipinski definition) is 1. The molecule has 2 aromatic heterocycles. The number of rotatable bonds is 5. The summed E-state index contributed by atoms with van der Waals surface area (Å²) in [6.45, 7) is 4.07. The van der Waals surface area contributed by atoms with Crippen LogP contribution in [0.4, 0.5) is 0 Å². The zero-order valence-electron chi connectivity index (χ0n) is 13.2. The third-order valence-electron chi connectivity index (χ3n) is 3.71. The summed E-state index contributed by atoms with van der Waals surface area (Å²) in [4.78, 5) is 4.79. The van der Waals surface area contributed by atoms with Crippen LogP contribution in [-0.2, 0) is 16.4 Å². The third-order valence-corrected chi connectivity index (χ3v) is 5.33. The first kappa shape index (κ1) is 15.7. The van der Waals surface area contributed by atoms with Crippen molar-refractivity contribution >= 4 is 15.7 Å². The Kier molecular flexibility index (Phi) is 4.19. The van der Waals surface area contributed by atoms with E-state index >= 15 is 0 Å². The highest BCUT2D eigenvalue weighted by Gasteiger charge is 2.16. The van der Waals surface area contributed by atoms with Gasteiger partial charge in [-0.2, -0.15) is 0 Å². The first-order valence-corrected chi connectivity index (χ1v) is 8.93. The number of imidazole rings is 1. The van der Waals surface area contributed by atoms with Gasteiger partial charge < -0.3 is 4.40 Å². The molecule has 5 nitrogen and oxygen atoms in total. The van der Waals surface area contributed by atoms with E-state index in [-0.39, 0.29) is 0 Å². The van der Waals surface area contributed by atoms with Crippen molar-refractivity contribution in [1.29, 1.82) is 0 Å². The van der Waals surface area contributed by atoms with E-state index in [1.165, 1.54) is 0 Å². The van der Waals surface area contributed by atoms with Crippen LogP contribution < -0.4 is 4.72 Å². The fourth-order valence-electron chi connectivity index (χ4n) is 2.60. The molecule has 0 saturated heterocycles. The Hall–Kier alpha value is -2.18. The molecule has 0 aliphatic rings. The molecule has 3 aromatic rings. The fourth-order valence-corrected chi connectivity index (χ4v) is 3.86. The second-order valence-corrected chi connectivity index (χ2v) is 7.35. The molecule has 0 saturated carbocycles. The quantitative estimate of drug-likeness (QED) is 0.782. The molecule has 3 rings (SSSR count). The highest BCUT2D eigenvalue weighted by molar-refractivity contribution is 7.89. The third kappa shape index (κ3) is 3.43. The van der Waals surface area contributed by atoms with Gasteiger partial charge in [0.15, 0.2) is 0 Å². The predicted molar refractivity (Wildman–Crippen MR) is 90.0 cm³/mol. The van der Waals surface area contributed by atoms with Crippen LogP contribution in [0.15, 0.2) is 53.7 Å². The summed E-state index contributed by atoms with van der Waals surface area (Å²) in [6.07, 6.45) is 4.39. The zero-order valence-corrected chi connectivity index (χ0v) is 14.0. The maximum atomic E-state index is 12.4. The molecule has 0 aliphatic carbocycles. The number of hydrogen-bond acceptors (Lipinski definition) is 3. The van der Waals surface area contributed by atoms with Gasteiger partial charge in [-0.25, -0.2) is 18.1 Å². The van der Waals surface area contributed by atoms with E-state index in [2.05, 4.69) is 9.71 Å². The Morgan fingerprint density at radius 1 is 1.17 bits per heavy atom. The van der Waals surface area contributed by atoms with Crippen molar-refractivity contribution in [3.8, 4) is 0 Å². The van der Waals surface area contributed by atoms with E-state index in [1.807, 2.05) is 61.0 Å². The second-order valence-electron chi connectivity index (χ2n) is 5.62. The van der Waals surface area contributed by atoms with Gasteiger partial charge in [-0.15, -0.1) is 0 Å². The van der Waals surface area contributed by atoms with E-state index in [0.29, 0.717) is 17.9 Å². The standard InChI is InChI=1S/C17H19N3O2S/c1-13-6-7-16(14(2)11-13)23(21,22)18-9-8-15-12-20-10-4-3-5-17(20)19-15/h3-7,10-12,18H,8-9H2,1-2H3. The predicted octanol–water partition coefficient (Wildman–Crippen LogP) is 2.47. The lowest BCUT2D eigenvalue weighted by Crippen LogP contribution is -2.26. The maximum absolute atomic E-state index is 12.4. The van der Waals surface area contributed by atoms with Gasteiger partial charge in [-0.05, 0) is 37.6 Å². The van der Waals surface area contributed by atoms with Crippen molar-refractivity contribution in [3.63, 3.8) is 0 Å². The number of fused-ring (bicyclic) bond motifs is 1. The minimum absolute atomic E-state index is 0.319. The van der Waals surface area contributed by atoms with Gasteiger partial charge in [0.2, 0.25) is 10.0 Å². The number of sulfonamides is 1. The number of benzene rings is 1. The number of nitrogens with one attached hydrogen (secondary N) is 1. The molecule has 0 radical (unpaired) electrons. The van der Waals surface area contributed by atoms with Gasteiger partial charge in [-0.3, -0.25) is 0 Å². The second kappa shape index (κ2) is 6.14. The van der Waals surface area contributed by atoms with Crippen LogP contribution in [0.3, 0.4) is 0 Å². The lowest BCUT2D eigenvalue weighted by Gasteiger charge is -2.09. The normalized spacial score (nSPS) is 11.9. The first-order valence-electron chi connectivity index (χ1n) is 7.45. The molecule has 0 unspecified atom stereocenters. The smallest absolute Gasteiger partial charge is 0.240 e. The molecular weight excluding hydrogens is 310 g/mol. The number of pyridine rings is 1. The number of aryl methyl sites for hydroxylation is 2. The number of nitrogens with zero attached hydrogens (tertiary/aromatic N) is 2. The number of aromatic nitrogens is 2. The molecule has 0 spiro atoms. The molecule has 0 fully saturated rings. The minimum atomic E-state index is -3.49. The van der Waals surface area contributed by atoms with Gasteiger partial charge in [0, 0.05) is 25.4 Å². The minimum Gasteiger partial charge on any atom is -0.307 e. The van der Waals surface area contributed by atoms with E-state index in [4.69, 9.17) is 0 Å². The molecule has 0 amide bonds. The van der Waals surface area contributed by atoms with Crippen LogP contribution in [0.5, 0.6) is 0 Å². The van der Waals surface area contributed by atoms with Crippen molar-refractivity contribution < 1.29 is 8.42 Å². The van der Waals surface area contributed by atoms with Crippen LogP contribution in [0.25, 0.3) is 5.65 Å². The van der Waals surface area contributed by atoms with Crippen LogP contribution in [0.1, 0.15) is 16.8 Å². The molecule has 6 heteroatoms. The summed E-state index contributed by atoms with van der Waals surface area (Å²) in [6, 6.07) is 11.1. The van der Waals surface area contributed by atoms with Gasteiger partial charge in [0.1, 0.15) is 5.65 Å². The molecule has 1 N–H and O–H groups in total. The van der Waals surface area contributed by atoms with E-state index in [9.17, 15) is 8.42 Å². The molecule has 23 heavy (non-hydrogen) atoms. The molecular formula is C17H19N3O2S. The topological polar surface area (TPSA) is 63.5 Å². The van der Waals surface area contributed by atoms with E-state index in [0.717, 1.165) is 22.5 Å². The van der Waals surface area contributed by atoms with Gasteiger partial charge in [0.25, 0.3) is 0 Å². The molecule has 1 aromatic carbocycles. The lowest BCUT2D eigenvalue weighted by molar-refractivity contribution is 0.580. The van der Waals surface area contributed by atoms with Crippen molar-refractivity contribution in [1.82, 2.24) is 14.1 Å². The molecule has 0 aliphatic heterocycles. The van der Waals surface area contributed by atoms with Crippen molar-refractivity contribution in [2.24, 2.45) is 0 Å². The lowest BCUT2D eigenvalue weighted by atomic mass is 10.2. The first-order chi connectivity index (χ1) is 11.0. The molecule has 0 atom stereocenters. The summed E-state index contributed by atoms with van der Waals surface area (Å²) >= 11 is 0. The Labute approximate surface area is 136 Å². The zero-order chi connectivity index (χ0) is 16.4. The Morgan fingerprint density at radius 3 is 2.74 bits per heavy atom. The largest absolute Gasteiger partial charge is 0.307 e. The van der Waals surface area contributed by atoms with Crippen LogP contribution in [0.2, 0.25) is 0 Å². The summed E-state index contributed by atoms with van der Waals surface area (Å²) < 4.78 is 29.4. The van der Waals surface area contributed by atoms with Crippen LogP contribution in [0, 0.1) is 13.8 Å². The van der Waals surface area contributed by atoms with Gasteiger partial charge >= 0.3 is 0 Å². The Bertz CT molecular complexity index is 912. The monoisotopic (exact) mass is 329 g/mol. The highest BCUT2D eigenvalue weighted by atomic mass is 32.2. The molecule has 120 valence electrons. The van der Waals surface area contributed by atoms with Crippen LogP contribution >= 0.6 is 0 Å². The summed E-state index contributed by atoms with van der Waals surface area (Å²) in [5.41, 5.74) is 3.52. The maximum Gasteiger partial charge on any atom is 0.240 e. The van der Waals surface area contributed by atoms with Gasteiger partial charge in [-0.1, -0.05) is 23.8 Å². The SMILES string of the molecule is Cc1ccc(S(=O)(=O)NCCc2cn3ccccc3n2)c(C)c1.